The van der Waals surface area contributed by atoms with E-state index < -0.39 is 0 Å². The maximum absolute atomic E-state index is 12.6. The number of anilines is 1. The molecule has 5 heteroatoms. The molecule has 1 heterocycles. The van der Waals surface area contributed by atoms with E-state index in [-0.39, 0.29) is 5.91 Å². The molecule has 0 atom stereocenters. The molecular formula is C14H26N4O. The zero-order valence-electron chi connectivity index (χ0n) is 12.7. The van der Waals surface area contributed by atoms with Crippen LogP contribution in [-0.2, 0) is 7.05 Å². The Labute approximate surface area is 116 Å². The summed E-state index contributed by atoms with van der Waals surface area (Å²) < 4.78 is 1.79. The zero-order valence-corrected chi connectivity index (χ0v) is 12.7. The number of nitrogen functional groups attached to an aromatic ring is 1. The van der Waals surface area contributed by atoms with Crippen molar-refractivity contribution >= 4 is 11.6 Å². The third-order valence-corrected chi connectivity index (χ3v) is 2.94. The Morgan fingerprint density at radius 1 is 1.37 bits per heavy atom. The van der Waals surface area contributed by atoms with E-state index in [1.807, 2.05) is 26.0 Å². The van der Waals surface area contributed by atoms with Gasteiger partial charge in [-0.1, -0.05) is 13.8 Å². The lowest BCUT2D eigenvalue weighted by atomic mass is 10.2. The molecule has 1 aromatic rings. The Balaban J connectivity index is 2.84. The molecule has 0 saturated heterocycles. The third-order valence-electron chi connectivity index (χ3n) is 2.94. The molecule has 0 aliphatic rings. The first-order chi connectivity index (χ1) is 8.81. The quantitative estimate of drug-likeness (QED) is 0.843. The Bertz CT molecular complexity index is 423. The van der Waals surface area contributed by atoms with Gasteiger partial charge in [-0.15, -0.1) is 0 Å². The van der Waals surface area contributed by atoms with E-state index >= 15 is 0 Å². The SMILES string of the molecule is CC(C)CN(CCN(C)C)C(=O)c1cc(N)cn1C. The van der Waals surface area contributed by atoms with E-state index in [9.17, 15) is 4.79 Å². The van der Waals surface area contributed by atoms with E-state index in [1.54, 1.807) is 16.8 Å². The van der Waals surface area contributed by atoms with Crippen LogP contribution in [0.4, 0.5) is 5.69 Å². The lowest BCUT2D eigenvalue weighted by Gasteiger charge is -2.26. The summed E-state index contributed by atoms with van der Waals surface area (Å²) in [4.78, 5) is 16.5. The Morgan fingerprint density at radius 3 is 2.42 bits per heavy atom. The minimum Gasteiger partial charge on any atom is -0.397 e. The van der Waals surface area contributed by atoms with Crippen molar-refractivity contribution in [2.24, 2.45) is 13.0 Å². The van der Waals surface area contributed by atoms with E-state index in [1.165, 1.54) is 0 Å². The molecule has 0 bridgehead atoms. The van der Waals surface area contributed by atoms with Crippen molar-refractivity contribution in [3.8, 4) is 0 Å². The molecule has 0 aromatic carbocycles. The number of rotatable bonds is 6. The van der Waals surface area contributed by atoms with Crippen LogP contribution in [0.3, 0.4) is 0 Å². The van der Waals surface area contributed by atoms with Gasteiger partial charge >= 0.3 is 0 Å². The molecule has 1 amide bonds. The summed E-state index contributed by atoms with van der Waals surface area (Å²) in [6, 6.07) is 1.74. The summed E-state index contributed by atoms with van der Waals surface area (Å²) in [7, 11) is 5.88. The van der Waals surface area contributed by atoms with Crippen molar-refractivity contribution in [2.75, 3.05) is 39.5 Å². The van der Waals surface area contributed by atoms with Gasteiger partial charge in [-0.05, 0) is 26.1 Å². The maximum Gasteiger partial charge on any atom is 0.270 e. The van der Waals surface area contributed by atoms with Gasteiger partial charge in [0, 0.05) is 32.9 Å². The van der Waals surface area contributed by atoms with Crippen LogP contribution in [0.15, 0.2) is 12.3 Å². The van der Waals surface area contributed by atoms with Gasteiger partial charge in [0.2, 0.25) is 0 Å². The van der Waals surface area contributed by atoms with Gasteiger partial charge in [-0.25, -0.2) is 0 Å². The Morgan fingerprint density at radius 2 is 2.00 bits per heavy atom. The first-order valence-electron chi connectivity index (χ1n) is 6.67. The summed E-state index contributed by atoms with van der Waals surface area (Å²) in [5.41, 5.74) is 7.02. The topological polar surface area (TPSA) is 54.5 Å². The number of hydrogen-bond donors (Lipinski definition) is 1. The van der Waals surface area contributed by atoms with Crippen molar-refractivity contribution in [3.63, 3.8) is 0 Å². The first-order valence-corrected chi connectivity index (χ1v) is 6.67. The fourth-order valence-corrected chi connectivity index (χ4v) is 2.00. The van der Waals surface area contributed by atoms with E-state index in [0.29, 0.717) is 17.3 Å². The van der Waals surface area contributed by atoms with Crippen molar-refractivity contribution in [2.45, 2.75) is 13.8 Å². The smallest absolute Gasteiger partial charge is 0.270 e. The predicted octanol–water partition coefficient (Wildman–Crippen LogP) is 1.27. The fraction of sp³-hybridized carbons (Fsp3) is 0.643. The molecule has 0 spiro atoms. The molecule has 1 rings (SSSR count). The number of hydrogen-bond acceptors (Lipinski definition) is 3. The molecule has 0 unspecified atom stereocenters. The van der Waals surface area contributed by atoms with Crippen molar-refractivity contribution in [3.05, 3.63) is 18.0 Å². The first kappa shape index (κ1) is 15.6. The van der Waals surface area contributed by atoms with Gasteiger partial charge in [0.05, 0.1) is 5.69 Å². The molecule has 0 radical (unpaired) electrons. The van der Waals surface area contributed by atoms with Crippen molar-refractivity contribution in [1.82, 2.24) is 14.4 Å². The number of carbonyl (C=O) groups is 1. The van der Waals surface area contributed by atoms with E-state index in [4.69, 9.17) is 5.73 Å². The monoisotopic (exact) mass is 266 g/mol. The van der Waals surface area contributed by atoms with Crippen LogP contribution < -0.4 is 5.73 Å². The highest BCUT2D eigenvalue weighted by molar-refractivity contribution is 5.93. The molecule has 19 heavy (non-hydrogen) atoms. The van der Waals surface area contributed by atoms with Crippen LogP contribution in [0.1, 0.15) is 24.3 Å². The number of likely N-dealkylation sites (N-methyl/N-ethyl adjacent to an activating group) is 1. The highest BCUT2D eigenvalue weighted by Crippen LogP contribution is 2.12. The zero-order chi connectivity index (χ0) is 14.6. The minimum absolute atomic E-state index is 0.0507. The number of aryl methyl sites for hydroxylation is 1. The van der Waals surface area contributed by atoms with Crippen LogP contribution in [0.5, 0.6) is 0 Å². The summed E-state index contributed by atoms with van der Waals surface area (Å²) >= 11 is 0. The second kappa shape index (κ2) is 6.61. The maximum atomic E-state index is 12.6. The Kier molecular flexibility index (Phi) is 5.42. The molecule has 0 aliphatic carbocycles. The number of amides is 1. The van der Waals surface area contributed by atoms with E-state index in [0.717, 1.165) is 19.6 Å². The van der Waals surface area contributed by atoms with Gasteiger partial charge in [-0.3, -0.25) is 4.79 Å². The fourth-order valence-electron chi connectivity index (χ4n) is 2.00. The van der Waals surface area contributed by atoms with Gasteiger partial charge in [0.1, 0.15) is 5.69 Å². The Hall–Kier alpha value is -1.49. The number of nitrogens with zero attached hydrogens (tertiary/aromatic N) is 3. The second-order valence-electron chi connectivity index (χ2n) is 5.72. The molecular weight excluding hydrogens is 240 g/mol. The normalized spacial score (nSPS) is 11.3. The molecule has 0 aliphatic heterocycles. The van der Waals surface area contributed by atoms with Crippen molar-refractivity contribution in [1.29, 1.82) is 0 Å². The summed E-state index contributed by atoms with van der Waals surface area (Å²) in [5, 5.41) is 0. The number of aromatic nitrogens is 1. The summed E-state index contributed by atoms with van der Waals surface area (Å²) in [6.07, 6.45) is 1.77. The van der Waals surface area contributed by atoms with Gasteiger partial charge in [-0.2, -0.15) is 0 Å². The standard InChI is InChI=1S/C14H26N4O/c1-11(2)9-18(7-6-16(3)4)14(19)13-8-12(15)10-17(13)5/h8,10-11H,6-7,9,15H2,1-5H3. The second-order valence-corrected chi connectivity index (χ2v) is 5.72. The molecule has 1 aromatic heterocycles. The van der Waals surface area contributed by atoms with Gasteiger partial charge in [0.25, 0.3) is 5.91 Å². The van der Waals surface area contributed by atoms with Crippen LogP contribution in [0.25, 0.3) is 0 Å². The molecule has 108 valence electrons. The average Bonchev–Trinajstić information content (AvgIpc) is 2.62. The lowest BCUT2D eigenvalue weighted by Crippen LogP contribution is -2.39. The minimum atomic E-state index is 0.0507. The largest absolute Gasteiger partial charge is 0.397 e. The lowest BCUT2D eigenvalue weighted by molar-refractivity contribution is 0.0715. The third kappa shape index (κ3) is 4.59. The molecule has 0 saturated carbocycles. The predicted molar refractivity (Wildman–Crippen MR) is 79.1 cm³/mol. The van der Waals surface area contributed by atoms with Crippen LogP contribution in [0, 0.1) is 5.92 Å². The van der Waals surface area contributed by atoms with Gasteiger partial charge in [0.15, 0.2) is 0 Å². The van der Waals surface area contributed by atoms with Crippen molar-refractivity contribution < 1.29 is 4.79 Å². The molecule has 2 N–H and O–H groups in total. The van der Waals surface area contributed by atoms with Crippen LogP contribution >= 0.6 is 0 Å². The number of carbonyl (C=O) groups excluding carboxylic acids is 1. The molecule has 5 nitrogen and oxygen atoms in total. The number of nitrogens with two attached hydrogens (primary N) is 1. The van der Waals surface area contributed by atoms with E-state index in [2.05, 4.69) is 18.7 Å². The highest BCUT2D eigenvalue weighted by Gasteiger charge is 2.19. The van der Waals surface area contributed by atoms with Crippen LogP contribution in [-0.4, -0.2) is 54.0 Å². The summed E-state index contributed by atoms with van der Waals surface area (Å²) in [6.45, 7) is 6.59. The molecule has 0 fully saturated rings. The van der Waals surface area contributed by atoms with Crippen LogP contribution in [0.2, 0.25) is 0 Å². The summed E-state index contributed by atoms with van der Waals surface area (Å²) in [5.74, 6) is 0.499. The highest BCUT2D eigenvalue weighted by atomic mass is 16.2. The van der Waals surface area contributed by atoms with Gasteiger partial charge < -0.3 is 20.1 Å². The average molecular weight is 266 g/mol.